The van der Waals surface area contributed by atoms with E-state index in [4.69, 9.17) is 0 Å². The number of benzene rings is 4. The molecule has 0 saturated heterocycles. The number of hydrogen-bond acceptors (Lipinski definition) is 4. The second kappa shape index (κ2) is 12.1. The molecule has 0 aromatic heterocycles. The van der Waals surface area contributed by atoms with Gasteiger partial charge in [-0.2, -0.15) is 0 Å². The molecule has 0 aliphatic heterocycles. The van der Waals surface area contributed by atoms with E-state index in [1.54, 1.807) is 36.7 Å². The van der Waals surface area contributed by atoms with E-state index in [1.807, 2.05) is 36.4 Å². The second-order valence-electron chi connectivity index (χ2n) is 9.61. The molecule has 2 aliphatic carbocycles. The molecule has 0 fully saturated rings. The number of ketones is 2. The fourth-order valence-corrected chi connectivity index (χ4v) is 7.52. The molecule has 2 N–H and O–H groups in total. The number of rotatable bonds is 5. The lowest BCUT2D eigenvalue weighted by atomic mass is 9.91. The molecule has 6 rings (SSSR count). The first-order chi connectivity index (χ1) is 20.3. The highest BCUT2D eigenvalue weighted by atomic mass is 79.9. The minimum Gasteiger partial charge on any atom is -0.360 e. The van der Waals surface area contributed by atoms with Crippen molar-refractivity contribution in [2.45, 2.75) is 0 Å². The third-order valence-corrected chi connectivity index (χ3v) is 9.04. The summed E-state index contributed by atoms with van der Waals surface area (Å²) in [6.45, 7) is 0. The van der Waals surface area contributed by atoms with E-state index in [0.717, 1.165) is 53.0 Å². The summed E-state index contributed by atoms with van der Waals surface area (Å²) in [4.78, 5) is 25.7. The van der Waals surface area contributed by atoms with Crippen LogP contribution in [-0.4, -0.2) is 11.6 Å². The summed E-state index contributed by atoms with van der Waals surface area (Å²) < 4.78 is 2.57. The van der Waals surface area contributed by atoms with Crippen LogP contribution in [0, 0.1) is 0 Å². The first kappa shape index (κ1) is 28.8. The highest BCUT2D eigenvalue weighted by molar-refractivity contribution is 9.13. The molecular weight excluding hydrogens is 788 g/mol. The Kier molecular flexibility index (Phi) is 8.32. The SMILES string of the molecule is O=C1C(Br)=CC(Br)=CC1=CNc1ccc2ccccc2c1-c1c(NC=C2C=C(Br)C=C(Br)C2=O)ccc2ccccc12. The molecule has 0 radical (unpaired) electrons. The van der Waals surface area contributed by atoms with Crippen molar-refractivity contribution in [1.82, 2.24) is 0 Å². The number of carbonyl (C=O) groups excluding carboxylic acids is 2. The zero-order valence-electron chi connectivity index (χ0n) is 21.7. The van der Waals surface area contributed by atoms with E-state index in [-0.39, 0.29) is 11.6 Å². The molecule has 0 saturated carbocycles. The van der Waals surface area contributed by atoms with Gasteiger partial charge in [0.2, 0.25) is 11.6 Å². The van der Waals surface area contributed by atoms with E-state index >= 15 is 0 Å². The number of carbonyl (C=O) groups is 2. The maximum absolute atomic E-state index is 12.8. The first-order valence-corrected chi connectivity index (χ1v) is 16.0. The zero-order valence-corrected chi connectivity index (χ0v) is 28.1. The molecule has 0 bridgehead atoms. The topological polar surface area (TPSA) is 58.2 Å². The standard InChI is InChI=1S/C34H20Br4N2O2/c35-23-13-21(33(41)27(37)15-23)17-39-29-11-9-19-5-1-3-7-25(19)31(29)32-26-8-4-2-6-20(26)10-12-30(32)40-18-22-14-24(36)16-28(38)34(22)42/h1-18,39-40H. The Morgan fingerprint density at radius 1 is 0.500 bits per heavy atom. The van der Waals surface area contributed by atoms with Crippen molar-refractivity contribution in [3.8, 4) is 11.1 Å². The van der Waals surface area contributed by atoms with Crippen LogP contribution in [0.2, 0.25) is 0 Å². The normalized spacial score (nSPS) is 17.3. The molecule has 0 spiro atoms. The fourth-order valence-electron chi connectivity index (χ4n) is 5.01. The van der Waals surface area contributed by atoms with Crippen molar-refractivity contribution < 1.29 is 9.59 Å². The summed E-state index contributed by atoms with van der Waals surface area (Å²) in [6, 6.07) is 24.6. The van der Waals surface area contributed by atoms with Crippen LogP contribution < -0.4 is 10.6 Å². The highest BCUT2D eigenvalue weighted by Gasteiger charge is 2.20. The van der Waals surface area contributed by atoms with Crippen LogP contribution in [0.25, 0.3) is 32.7 Å². The van der Waals surface area contributed by atoms with Gasteiger partial charge in [-0.3, -0.25) is 9.59 Å². The number of Topliss-reactive ketones (excluding diaryl/α,β-unsaturated/α-hetero) is 2. The summed E-state index contributed by atoms with van der Waals surface area (Å²) >= 11 is 13.7. The van der Waals surface area contributed by atoms with Crippen molar-refractivity contribution >= 4 is 108 Å². The van der Waals surface area contributed by atoms with E-state index in [1.165, 1.54) is 0 Å². The average molecular weight is 808 g/mol. The van der Waals surface area contributed by atoms with Gasteiger partial charge in [0.1, 0.15) is 0 Å². The molecule has 0 heterocycles. The Bertz CT molecular complexity index is 1870. The van der Waals surface area contributed by atoms with E-state index in [0.29, 0.717) is 20.1 Å². The first-order valence-electron chi connectivity index (χ1n) is 12.9. The van der Waals surface area contributed by atoms with Gasteiger partial charge < -0.3 is 10.6 Å². The quantitative estimate of drug-likeness (QED) is 0.197. The minimum absolute atomic E-state index is 0.108. The maximum Gasteiger partial charge on any atom is 0.201 e. The van der Waals surface area contributed by atoms with E-state index in [2.05, 4.69) is 111 Å². The summed E-state index contributed by atoms with van der Waals surface area (Å²) in [5.74, 6) is -0.215. The molecule has 4 aromatic rings. The van der Waals surface area contributed by atoms with Crippen molar-refractivity contribution in [1.29, 1.82) is 0 Å². The lowest BCUT2D eigenvalue weighted by molar-refractivity contribution is -0.112. The van der Waals surface area contributed by atoms with Crippen LogP contribution in [0.4, 0.5) is 11.4 Å². The number of nitrogens with one attached hydrogen (secondary N) is 2. The van der Waals surface area contributed by atoms with Gasteiger partial charge in [0.05, 0.1) is 8.96 Å². The Labute approximate surface area is 276 Å². The van der Waals surface area contributed by atoms with Gasteiger partial charge in [-0.15, -0.1) is 0 Å². The number of halogens is 4. The summed E-state index contributed by atoms with van der Waals surface area (Å²) in [5.41, 5.74) is 4.63. The molecule has 0 unspecified atom stereocenters. The van der Waals surface area contributed by atoms with Crippen LogP contribution in [0.5, 0.6) is 0 Å². The van der Waals surface area contributed by atoms with Crippen molar-refractivity contribution in [2.75, 3.05) is 10.6 Å². The van der Waals surface area contributed by atoms with Crippen LogP contribution in [0.1, 0.15) is 0 Å². The predicted molar refractivity (Wildman–Crippen MR) is 188 cm³/mol. The molecule has 42 heavy (non-hydrogen) atoms. The molecule has 4 nitrogen and oxygen atoms in total. The molecule has 8 heteroatoms. The molecular formula is C34H20Br4N2O2. The molecule has 206 valence electrons. The summed E-state index contributed by atoms with van der Waals surface area (Å²) in [7, 11) is 0. The third-order valence-electron chi connectivity index (χ3n) is 6.95. The van der Waals surface area contributed by atoms with Crippen molar-refractivity contribution in [2.24, 2.45) is 0 Å². The Morgan fingerprint density at radius 3 is 1.33 bits per heavy atom. The van der Waals surface area contributed by atoms with Crippen molar-refractivity contribution in [3.05, 3.63) is 139 Å². The number of anilines is 2. The Morgan fingerprint density at radius 2 is 0.905 bits per heavy atom. The molecule has 0 atom stereocenters. The number of hydrogen-bond donors (Lipinski definition) is 2. The zero-order chi connectivity index (χ0) is 29.4. The van der Waals surface area contributed by atoms with Gasteiger partial charge >= 0.3 is 0 Å². The van der Waals surface area contributed by atoms with Crippen molar-refractivity contribution in [3.63, 3.8) is 0 Å². The molecule has 0 amide bonds. The Hall–Kier alpha value is -3.30. The monoisotopic (exact) mass is 804 g/mol. The van der Waals surface area contributed by atoms with Crippen LogP contribution in [-0.2, 0) is 9.59 Å². The maximum atomic E-state index is 12.8. The van der Waals surface area contributed by atoms with Gasteiger partial charge in [-0.1, -0.05) is 92.5 Å². The molecule has 4 aromatic carbocycles. The minimum atomic E-state index is -0.108. The predicted octanol–water partition coefficient (Wildman–Crippen LogP) is 10.5. The van der Waals surface area contributed by atoms with Gasteiger partial charge in [-0.25, -0.2) is 0 Å². The van der Waals surface area contributed by atoms with Gasteiger partial charge in [-0.05, 0) is 89.8 Å². The largest absolute Gasteiger partial charge is 0.360 e. The smallest absolute Gasteiger partial charge is 0.201 e. The van der Waals surface area contributed by atoms with Crippen LogP contribution in [0.3, 0.4) is 0 Å². The van der Waals surface area contributed by atoms with Gasteiger partial charge in [0.15, 0.2) is 0 Å². The Balaban J connectivity index is 1.56. The van der Waals surface area contributed by atoms with Crippen LogP contribution >= 0.6 is 63.7 Å². The van der Waals surface area contributed by atoms with Gasteiger partial charge in [0.25, 0.3) is 0 Å². The number of fused-ring (bicyclic) bond motifs is 2. The molecule has 2 aliphatic rings. The summed E-state index contributed by atoms with van der Waals surface area (Å²) in [5, 5.41) is 11.1. The van der Waals surface area contributed by atoms with Crippen LogP contribution in [0.15, 0.2) is 139 Å². The second-order valence-corrected chi connectivity index (χ2v) is 13.1. The summed E-state index contributed by atoms with van der Waals surface area (Å²) in [6.07, 6.45) is 10.5. The third kappa shape index (κ3) is 5.69. The van der Waals surface area contributed by atoms with E-state index < -0.39 is 0 Å². The number of allylic oxidation sites excluding steroid dienone is 10. The lowest BCUT2D eigenvalue weighted by Gasteiger charge is -2.20. The lowest BCUT2D eigenvalue weighted by Crippen LogP contribution is -2.08. The van der Waals surface area contributed by atoms with E-state index in [9.17, 15) is 9.59 Å². The fraction of sp³-hybridized carbons (Fsp3) is 0. The average Bonchev–Trinajstić information content (AvgIpc) is 2.98. The highest BCUT2D eigenvalue weighted by Crippen LogP contribution is 2.44. The van der Waals surface area contributed by atoms with Gasteiger partial charge in [0, 0.05) is 55.0 Å².